The molecule has 0 saturated heterocycles. The van der Waals surface area contributed by atoms with Crippen molar-refractivity contribution < 1.29 is 19.1 Å². The molecule has 0 radical (unpaired) electrons. The minimum atomic E-state index is -0.585. The van der Waals surface area contributed by atoms with Gasteiger partial charge in [-0.05, 0) is 51.7 Å². The van der Waals surface area contributed by atoms with Crippen LogP contribution in [0.1, 0.15) is 55.7 Å². The minimum Gasteiger partial charge on any atom is -0.465 e. The molecule has 2 aromatic rings. The molecule has 148 valence electrons. The second kappa shape index (κ2) is 7.96. The van der Waals surface area contributed by atoms with Crippen LogP contribution in [0.4, 0.5) is 4.79 Å². The Morgan fingerprint density at radius 3 is 2.54 bits per heavy atom. The molecule has 0 aliphatic heterocycles. The first kappa shape index (κ1) is 19.8. The first-order valence-corrected chi connectivity index (χ1v) is 9.27. The zero-order chi connectivity index (χ0) is 20.3. The first-order valence-electron chi connectivity index (χ1n) is 9.27. The summed E-state index contributed by atoms with van der Waals surface area (Å²) in [6.45, 7) is 5.47. The highest BCUT2D eigenvalue weighted by Crippen LogP contribution is 2.42. The number of nitrogens with one attached hydrogen (secondary N) is 1. The minimum absolute atomic E-state index is 0.284. The molecule has 1 heterocycles. The molecule has 1 aromatic heterocycles. The summed E-state index contributed by atoms with van der Waals surface area (Å²) in [6, 6.07) is 6.73. The smallest absolute Gasteiger partial charge is 0.408 e. The van der Waals surface area contributed by atoms with Crippen LogP contribution in [-0.4, -0.2) is 34.7 Å². The lowest BCUT2D eigenvalue weighted by Crippen LogP contribution is -2.36. The van der Waals surface area contributed by atoms with E-state index in [0.29, 0.717) is 17.0 Å². The fourth-order valence-electron chi connectivity index (χ4n) is 2.98. The predicted octanol–water partition coefficient (Wildman–Crippen LogP) is 3.91. The van der Waals surface area contributed by atoms with Crippen LogP contribution in [0.3, 0.4) is 0 Å². The van der Waals surface area contributed by atoms with Crippen LogP contribution in [-0.2, 0) is 9.47 Å². The fraction of sp³-hybridized carbons (Fsp3) is 0.429. The molecule has 7 heteroatoms. The third-order valence-corrected chi connectivity index (χ3v) is 4.34. The van der Waals surface area contributed by atoms with Gasteiger partial charge in [0.1, 0.15) is 5.60 Å². The molecule has 0 bridgehead atoms. The Kier molecular flexibility index (Phi) is 5.63. The van der Waals surface area contributed by atoms with E-state index in [1.807, 2.05) is 26.8 Å². The number of esters is 1. The molecular formula is C21H25N3O4. The molecule has 1 fully saturated rings. The quantitative estimate of drug-likeness (QED) is 0.788. The van der Waals surface area contributed by atoms with Crippen LogP contribution in [0.5, 0.6) is 0 Å². The van der Waals surface area contributed by atoms with Gasteiger partial charge in [-0.3, -0.25) is 9.97 Å². The van der Waals surface area contributed by atoms with Crippen LogP contribution in [0, 0.1) is 5.92 Å². The summed E-state index contributed by atoms with van der Waals surface area (Å²) < 4.78 is 10.2. The number of hydrogen-bond donors (Lipinski definition) is 1. The van der Waals surface area contributed by atoms with Gasteiger partial charge >= 0.3 is 12.1 Å². The molecule has 0 spiro atoms. The zero-order valence-electron chi connectivity index (χ0n) is 16.6. The Morgan fingerprint density at radius 2 is 1.89 bits per heavy atom. The lowest BCUT2D eigenvalue weighted by molar-refractivity contribution is 0.0495. The van der Waals surface area contributed by atoms with Crippen LogP contribution >= 0.6 is 0 Å². The van der Waals surface area contributed by atoms with Crippen molar-refractivity contribution in [3.8, 4) is 11.3 Å². The Labute approximate surface area is 164 Å². The SMILES string of the molecule is COC(=O)c1cccc(-c2nccnc2C(NC(=O)OC(C)(C)C)C2CC2)c1. The van der Waals surface area contributed by atoms with Gasteiger partial charge in [-0.2, -0.15) is 0 Å². The summed E-state index contributed by atoms with van der Waals surface area (Å²) >= 11 is 0. The molecule has 7 nitrogen and oxygen atoms in total. The third kappa shape index (κ3) is 4.85. The number of carbonyl (C=O) groups is 2. The van der Waals surface area contributed by atoms with E-state index in [9.17, 15) is 9.59 Å². The van der Waals surface area contributed by atoms with Crippen LogP contribution in [0.2, 0.25) is 0 Å². The Bertz CT molecular complexity index is 872. The Balaban J connectivity index is 1.94. The number of carbonyl (C=O) groups excluding carboxylic acids is 2. The number of aromatic nitrogens is 2. The second-order valence-electron chi connectivity index (χ2n) is 7.82. The van der Waals surface area contributed by atoms with Crippen molar-refractivity contribution in [2.75, 3.05) is 7.11 Å². The van der Waals surface area contributed by atoms with E-state index in [-0.39, 0.29) is 12.0 Å². The summed E-state index contributed by atoms with van der Waals surface area (Å²) in [4.78, 5) is 33.2. The maximum absolute atomic E-state index is 12.4. The van der Waals surface area contributed by atoms with Gasteiger partial charge in [0, 0.05) is 18.0 Å². The Hall–Kier alpha value is -2.96. The molecule has 28 heavy (non-hydrogen) atoms. The first-order chi connectivity index (χ1) is 13.3. The maximum Gasteiger partial charge on any atom is 0.408 e. The van der Waals surface area contributed by atoms with Crippen LogP contribution in [0.25, 0.3) is 11.3 Å². The molecule has 1 N–H and O–H groups in total. The number of hydrogen-bond acceptors (Lipinski definition) is 6. The molecule has 1 atom stereocenters. The van der Waals surface area contributed by atoms with E-state index in [4.69, 9.17) is 9.47 Å². The number of amides is 1. The van der Waals surface area contributed by atoms with E-state index < -0.39 is 17.7 Å². The van der Waals surface area contributed by atoms with Crippen molar-refractivity contribution in [1.82, 2.24) is 15.3 Å². The fourth-order valence-corrected chi connectivity index (χ4v) is 2.98. The summed E-state index contributed by atoms with van der Waals surface area (Å²) in [5.41, 5.74) is 1.87. The van der Waals surface area contributed by atoms with Gasteiger partial charge in [-0.25, -0.2) is 9.59 Å². The van der Waals surface area contributed by atoms with Crippen LogP contribution < -0.4 is 5.32 Å². The van der Waals surface area contributed by atoms with Crippen molar-refractivity contribution in [1.29, 1.82) is 0 Å². The average molecular weight is 383 g/mol. The molecule has 1 aliphatic carbocycles. The number of alkyl carbamates (subject to hydrolysis) is 1. The van der Waals surface area contributed by atoms with Crippen molar-refractivity contribution in [2.24, 2.45) is 5.92 Å². The normalized spacial score (nSPS) is 14.9. The zero-order valence-corrected chi connectivity index (χ0v) is 16.6. The van der Waals surface area contributed by atoms with Crippen molar-refractivity contribution >= 4 is 12.1 Å². The van der Waals surface area contributed by atoms with Gasteiger partial charge in [0.25, 0.3) is 0 Å². The summed E-state index contributed by atoms with van der Waals surface area (Å²) in [5.74, 6) is -0.135. The molecule has 3 rings (SSSR count). The molecule has 1 aromatic carbocycles. The van der Waals surface area contributed by atoms with E-state index in [1.54, 1.807) is 30.6 Å². The van der Waals surface area contributed by atoms with Gasteiger partial charge < -0.3 is 14.8 Å². The highest BCUT2D eigenvalue weighted by Gasteiger charge is 2.37. The number of rotatable bonds is 5. The van der Waals surface area contributed by atoms with E-state index in [0.717, 1.165) is 18.4 Å². The number of ether oxygens (including phenoxy) is 2. The topological polar surface area (TPSA) is 90.4 Å². The predicted molar refractivity (Wildman–Crippen MR) is 104 cm³/mol. The van der Waals surface area contributed by atoms with Crippen molar-refractivity contribution in [3.05, 3.63) is 47.9 Å². The van der Waals surface area contributed by atoms with Gasteiger partial charge in [0.15, 0.2) is 0 Å². The highest BCUT2D eigenvalue weighted by molar-refractivity contribution is 5.90. The standard InChI is InChI=1S/C21H25N3O4/c1-21(2,3)28-20(26)24-17(13-8-9-13)18-16(22-10-11-23-18)14-6-5-7-15(12-14)19(25)27-4/h5-7,10-13,17H,8-9H2,1-4H3,(H,24,26). The molecule has 1 amide bonds. The van der Waals surface area contributed by atoms with E-state index >= 15 is 0 Å². The summed E-state index contributed by atoms with van der Waals surface area (Å²) in [5, 5.41) is 2.96. The summed E-state index contributed by atoms with van der Waals surface area (Å²) in [6.07, 6.45) is 4.72. The molecule has 1 saturated carbocycles. The summed E-state index contributed by atoms with van der Waals surface area (Å²) in [7, 11) is 1.34. The van der Waals surface area contributed by atoms with Crippen LogP contribution in [0.15, 0.2) is 36.7 Å². The average Bonchev–Trinajstić information content (AvgIpc) is 3.49. The van der Waals surface area contributed by atoms with Crippen molar-refractivity contribution in [2.45, 2.75) is 45.3 Å². The number of benzene rings is 1. The van der Waals surface area contributed by atoms with Gasteiger partial charge in [0.05, 0.1) is 30.1 Å². The van der Waals surface area contributed by atoms with E-state index in [2.05, 4.69) is 15.3 Å². The van der Waals surface area contributed by atoms with E-state index in [1.165, 1.54) is 7.11 Å². The van der Waals surface area contributed by atoms with Gasteiger partial charge in [-0.1, -0.05) is 12.1 Å². The molecular weight excluding hydrogens is 358 g/mol. The molecule has 1 aliphatic rings. The van der Waals surface area contributed by atoms with Gasteiger partial charge in [-0.15, -0.1) is 0 Å². The lowest BCUT2D eigenvalue weighted by atomic mass is 10.0. The van der Waals surface area contributed by atoms with Crippen molar-refractivity contribution in [3.63, 3.8) is 0 Å². The largest absolute Gasteiger partial charge is 0.465 e. The van der Waals surface area contributed by atoms with Gasteiger partial charge in [0.2, 0.25) is 0 Å². The Morgan fingerprint density at radius 1 is 1.18 bits per heavy atom. The number of methoxy groups -OCH3 is 1. The second-order valence-corrected chi connectivity index (χ2v) is 7.82. The monoisotopic (exact) mass is 383 g/mol. The number of nitrogens with zero attached hydrogens (tertiary/aromatic N) is 2. The molecule has 1 unspecified atom stereocenters. The third-order valence-electron chi connectivity index (χ3n) is 4.34. The lowest BCUT2D eigenvalue weighted by Gasteiger charge is -2.24. The highest BCUT2D eigenvalue weighted by atomic mass is 16.6. The maximum atomic E-state index is 12.4.